The van der Waals surface area contributed by atoms with Crippen LogP contribution in [-0.2, 0) is 0 Å². The lowest BCUT2D eigenvalue weighted by molar-refractivity contribution is 0.193. The van der Waals surface area contributed by atoms with Gasteiger partial charge in [-0.05, 0) is 51.0 Å². The molecule has 1 saturated heterocycles. The Kier molecular flexibility index (Phi) is 5.59. The lowest BCUT2D eigenvalue weighted by Crippen LogP contribution is -2.40. The van der Waals surface area contributed by atoms with Crippen molar-refractivity contribution in [3.05, 3.63) is 48.5 Å². The number of urea groups is 1. The second kappa shape index (κ2) is 8.46. The van der Waals surface area contributed by atoms with E-state index in [0.29, 0.717) is 19.0 Å². The van der Waals surface area contributed by atoms with E-state index < -0.39 is 0 Å². The highest BCUT2D eigenvalue weighted by atomic mass is 16.2. The average molecular weight is 393 g/mol. The maximum Gasteiger partial charge on any atom is 0.321 e. The third-order valence-electron chi connectivity index (χ3n) is 5.57. The maximum absolute atomic E-state index is 12.6. The van der Waals surface area contributed by atoms with Crippen LogP contribution in [0.1, 0.15) is 38.4 Å². The van der Waals surface area contributed by atoms with Crippen LogP contribution in [0, 0.1) is 0 Å². The van der Waals surface area contributed by atoms with Gasteiger partial charge in [-0.25, -0.2) is 9.78 Å². The summed E-state index contributed by atoms with van der Waals surface area (Å²) in [6.45, 7) is 7.42. The number of likely N-dealkylation sites (tertiary alicyclic amines) is 1. The topological polar surface area (TPSA) is 78.7 Å². The second-order valence-corrected chi connectivity index (χ2v) is 7.26. The molecule has 0 atom stereocenters. The molecule has 152 valence electrons. The van der Waals surface area contributed by atoms with Crippen molar-refractivity contribution in [2.45, 2.75) is 32.6 Å². The Morgan fingerprint density at radius 1 is 1.14 bits per heavy atom. The van der Waals surface area contributed by atoms with Gasteiger partial charge in [-0.2, -0.15) is 0 Å². The van der Waals surface area contributed by atoms with Gasteiger partial charge in [-0.15, -0.1) is 10.2 Å². The first kappa shape index (κ1) is 19.2. The highest BCUT2D eigenvalue weighted by molar-refractivity contribution is 5.89. The predicted molar refractivity (Wildman–Crippen MR) is 113 cm³/mol. The van der Waals surface area contributed by atoms with Gasteiger partial charge < -0.3 is 15.1 Å². The Balaban J connectivity index is 1.34. The molecule has 8 nitrogen and oxygen atoms in total. The van der Waals surface area contributed by atoms with Crippen molar-refractivity contribution in [1.82, 2.24) is 24.5 Å². The third-order valence-corrected chi connectivity index (χ3v) is 5.57. The number of hydrogen-bond donors (Lipinski definition) is 1. The van der Waals surface area contributed by atoms with Crippen LogP contribution >= 0.6 is 0 Å². The van der Waals surface area contributed by atoms with Crippen molar-refractivity contribution in [2.75, 3.05) is 36.4 Å². The number of carbonyl (C=O) groups excluding carboxylic acids is 1. The van der Waals surface area contributed by atoms with Crippen molar-refractivity contribution < 1.29 is 4.79 Å². The van der Waals surface area contributed by atoms with E-state index >= 15 is 0 Å². The van der Waals surface area contributed by atoms with E-state index in [4.69, 9.17) is 0 Å². The van der Waals surface area contributed by atoms with Gasteiger partial charge in [0, 0.05) is 38.3 Å². The van der Waals surface area contributed by atoms with Crippen LogP contribution in [0.2, 0.25) is 0 Å². The summed E-state index contributed by atoms with van der Waals surface area (Å²) in [7, 11) is 0. The molecule has 0 spiro atoms. The van der Waals surface area contributed by atoms with E-state index in [2.05, 4.69) is 39.2 Å². The fourth-order valence-electron chi connectivity index (χ4n) is 3.88. The zero-order valence-corrected chi connectivity index (χ0v) is 17.0. The van der Waals surface area contributed by atoms with E-state index in [1.165, 1.54) is 0 Å². The monoisotopic (exact) mass is 393 g/mol. The van der Waals surface area contributed by atoms with Crippen LogP contribution in [0.4, 0.5) is 16.3 Å². The summed E-state index contributed by atoms with van der Waals surface area (Å²) in [4.78, 5) is 21.1. The smallest absolute Gasteiger partial charge is 0.321 e. The van der Waals surface area contributed by atoms with Crippen molar-refractivity contribution in [1.29, 1.82) is 0 Å². The van der Waals surface area contributed by atoms with Crippen molar-refractivity contribution in [3.63, 3.8) is 0 Å². The van der Waals surface area contributed by atoms with Crippen LogP contribution in [0.25, 0.3) is 5.65 Å². The molecule has 1 fully saturated rings. The number of nitrogens with one attached hydrogen (secondary N) is 1. The number of fused-ring (bicyclic) bond motifs is 1. The summed E-state index contributed by atoms with van der Waals surface area (Å²) in [6, 6.07) is 9.69. The van der Waals surface area contributed by atoms with Gasteiger partial charge in [0.2, 0.25) is 0 Å². The highest BCUT2D eigenvalue weighted by Gasteiger charge is 2.27. The highest BCUT2D eigenvalue weighted by Crippen LogP contribution is 2.27. The largest absolute Gasteiger partial charge is 0.357 e. The quantitative estimate of drug-likeness (QED) is 0.719. The molecular formula is C21H27N7O. The van der Waals surface area contributed by atoms with E-state index in [0.717, 1.165) is 48.9 Å². The van der Waals surface area contributed by atoms with Crippen LogP contribution in [-0.4, -0.2) is 56.7 Å². The number of amides is 2. The zero-order valence-electron chi connectivity index (χ0n) is 17.0. The Bertz CT molecular complexity index is 957. The molecule has 3 aromatic rings. The second-order valence-electron chi connectivity index (χ2n) is 7.26. The molecule has 3 aromatic heterocycles. The minimum absolute atomic E-state index is 0.0769. The number of hydrogen-bond acceptors (Lipinski definition) is 5. The van der Waals surface area contributed by atoms with Crippen LogP contribution in [0.5, 0.6) is 0 Å². The Morgan fingerprint density at radius 2 is 1.93 bits per heavy atom. The van der Waals surface area contributed by atoms with Gasteiger partial charge in [0.1, 0.15) is 11.6 Å². The van der Waals surface area contributed by atoms with E-state index in [1.54, 1.807) is 6.20 Å². The minimum atomic E-state index is -0.0769. The molecule has 0 bridgehead atoms. The van der Waals surface area contributed by atoms with Gasteiger partial charge >= 0.3 is 6.03 Å². The fourth-order valence-corrected chi connectivity index (χ4v) is 3.88. The number of aromatic nitrogens is 4. The van der Waals surface area contributed by atoms with Gasteiger partial charge in [0.15, 0.2) is 5.65 Å². The lowest BCUT2D eigenvalue weighted by Gasteiger charge is -2.31. The molecule has 8 heteroatoms. The number of carbonyl (C=O) groups is 1. The van der Waals surface area contributed by atoms with E-state index in [-0.39, 0.29) is 6.03 Å². The van der Waals surface area contributed by atoms with Crippen LogP contribution in [0.15, 0.2) is 42.7 Å². The summed E-state index contributed by atoms with van der Waals surface area (Å²) in [5.41, 5.74) is 1.58. The first-order valence-corrected chi connectivity index (χ1v) is 10.3. The minimum Gasteiger partial charge on any atom is -0.357 e. The summed E-state index contributed by atoms with van der Waals surface area (Å²) < 4.78 is 2.05. The first-order chi connectivity index (χ1) is 14.2. The van der Waals surface area contributed by atoms with E-state index in [1.807, 2.05) is 45.8 Å². The summed E-state index contributed by atoms with van der Waals surface area (Å²) in [5, 5.41) is 11.6. The molecule has 1 aliphatic rings. The SMILES string of the molecule is CCN(CC)c1ccc(NC(=O)N2CCC(c3nnc4ccccn34)CC2)cn1. The fraction of sp³-hybridized carbons (Fsp3) is 0.429. The summed E-state index contributed by atoms with van der Waals surface area (Å²) in [6.07, 6.45) is 5.48. The van der Waals surface area contributed by atoms with Crippen LogP contribution in [0.3, 0.4) is 0 Å². The maximum atomic E-state index is 12.6. The Labute approximate surface area is 170 Å². The third kappa shape index (κ3) is 4.01. The van der Waals surface area contributed by atoms with Gasteiger partial charge in [-0.3, -0.25) is 4.40 Å². The molecule has 0 aromatic carbocycles. The van der Waals surface area contributed by atoms with Crippen molar-refractivity contribution in [3.8, 4) is 0 Å². The molecule has 0 radical (unpaired) electrons. The molecule has 2 amide bonds. The predicted octanol–water partition coefficient (Wildman–Crippen LogP) is 3.38. The van der Waals surface area contributed by atoms with Crippen LogP contribution < -0.4 is 10.2 Å². The summed E-state index contributed by atoms with van der Waals surface area (Å²) >= 11 is 0. The van der Waals surface area contributed by atoms with Gasteiger partial charge in [-0.1, -0.05) is 6.07 Å². The number of rotatable bonds is 5. The number of nitrogens with zero attached hydrogens (tertiary/aromatic N) is 6. The van der Waals surface area contributed by atoms with Crippen molar-refractivity contribution in [2.24, 2.45) is 0 Å². The lowest BCUT2D eigenvalue weighted by atomic mass is 9.96. The average Bonchev–Trinajstić information content (AvgIpc) is 3.20. The molecule has 29 heavy (non-hydrogen) atoms. The number of pyridine rings is 2. The summed E-state index contributed by atoms with van der Waals surface area (Å²) in [5.74, 6) is 2.22. The normalized spacial score (nSPS) is 14.9. The molecule has 4 rings (SSSR count). The molecule has 0 aliphatic carbocycles. The standard InChI is InChI=1S/C21H27N7O/c1-3-26(4-2)18-9-8-17(15-22-18)23-21(29)27-13-10-16(11-14-27)20-25-24-19-7-5-6-12-28(19)20/h5-9,12,15-16H,3-4,10-11,13-14H2,1-2H3,(H,23,29). The van der Waals surface area contributed by atoms with Gasteiger partial charge in [0.05, 0.1) is 11.9 Å². The molecule has 1 aliphatic heterocycles. The number of piperidine rings is 1. The number of anilines is 2. The first-order valence-electron chi connectivity index (χ1n) is 10.3. The molecule has 0 saturated carbocycles. The molecule has 0 unspecified atom stereocenters. The molecular weight excluding hydrogens is 366 g/mol. The molecule has 1 N–H and O–H groups in total. The Hall–Kier alpha value is -3.16. The van der Waals surface area contributed by atoms with E-state index in [9.17, 15) is 4.79 Å². The zero-order chi connectivity index (χ0) is 20.2. The molecule has 4 heterocycles. The Morgan fingerprint density at radius 3 is 2.62 bits per heavy atom. The van der Waals surface area contributed by atoms with Crippen molar-refractivity contribution >= 4 is 23.2 Å². The van der Waals surface area contributed by atoms with Gasteiger partial charge in [0.25, 0.3) is 0 Å².